The highest BCUT2D eigenvalue weighted by atomic mass is 16.5. The topological polar surface area (TPSA) is 89.9 Å². The molecule has 0 aliphatic rings. The third-order valence-electron chi connectivity index (χ3n) is 3.96. The number of nitrogens with zero attached hydrogens (tertiary/aromatic N) is 2. The molecule has 3 rings (SSSR count). The number of aromatic nitrogens is 1. The molecule has 1 aromatic heterocycles. The van der Waals surface area contributed by atoms with E-state index in [1.807, 2.05) is 6.92 Å². The second kappa shape index (κ2) is 10.5. The van der Waals surface area contributed by atoms with Crippen LogP contribution >= 0.6 is 0 Å². The highest BCUT2D eigenvalue weighted by Gasteiger charge is 2.09. The van der Waals surface area contributed by atoms with Crippen LogP contribution in [0.2, 0.25) is 0 Å². The fourth-order valence-corrected chi connectivity index (χ4v) is 2.42. The van der Waals surface area contributed by atoms with Crippen molar-refractivity contribution >= 4 is 18.1 Å². The molecule has 2 aromatic carbocycles. The minimum Gasteiger partial charge on any atom is -0.494 e. The van der Waals surface area contributed by atoms with Gasteiger partial charge in [-0.25, -0.2) is 10.2 Å². The fourth-order valence-electron chi connectivity index (χ4n) is 2.42. The Labute approximate surface area is 174 Å². The highest BCUT2D eigenvalue weighted by Crippen LogP contribution is 2.16. The quantitative estimate of drug-likeness (QED) is 0.267. The molecule has 3 aromatic rings. The molecule has 30 heavy (non-hydrogen) atoms. The molecule has 0 bridgehead atoms. The summed E-state index contributed by atoms with van der Waals surface area (Å²) < 4.78 is 10.9. The molecule has 0 unspecified atom stereocenters. The molecule has 0 saturated carbocycles. The molecule has 0 atom stereocenters. The SMILES string of the molecule is CCCOc1ccc(C(=O)Oc2ccc(/C=N/NC(=O)c3cccnc3)cc2)cc1. The van der Waals surface area contributed by atoms with Crippen LogP contribution < -0.4 is 14.9 Å². The van der Waals surface area contributed by atoms with Crippen molar-refractivity contribution in [2.24, 2.45) is 5.10 Å². The molecule has 152 valence electrons. The van der Waals surface area contributed by atoms with Crippen molar-refractivity contribution in [1.82, 2.24) is 10.4 Å². The normalized spacial score (nSPS) is 10.6. The number of hydrogen-bond donors (Lipinski definition) is 1. The molecule has 7 nitrogen and oxygen atoms in total. The van der Waals surface area contributed by atoms with E-state index in [2.05, 4.69) is 15.5 Å². The monoisotopic (exact) mass is 403 g/mol. The Kier molecular flexibility index (Phi) is 7.27. The Balaban J connectivity index is 1.52. The lowest BCUT2D eigenvalue weighted by Crippen LogP contribution is -2.17. The highest BCUT2D eigenvalue weighted by molar-refractivity contribution is 5.94. The largest absolute Gasteiger partial charge is 0.494 e. The van der Waals surface area contributed by atoms with E-state index in [4.69, 9.17) is 9.47 Å². The predicted octanol–water partition coefficient (Wildman–Crippen LogP) is 3.85. The molecular formula is C23H21N3O4. The summed E-state index contributed by atoms with van der Waals surface area (Å²) in [6.07, 6.45) is 5.46. The Morgan fingerprint density at radius 3 is 2.40 bits per heavy atom. The van der Waals surface area contributed by atoms with Crippen LogP contribution in [0.3, 0.4) is 0 Å². The molecule has 1 heterocycles. The van der Waals surface area contributed by atoms with Crippen LogP contribution in [0.25, 0.3) is 0 Å². The number of amides is 1. The fraction of sp³-hybridized carbons (Fsp3) is 0.130. The van der Waals surface area contributed by atoms with Crippen LogP contribution in [0.4, 0.5) is 0 Å². The third-order valence-corrected chi connectivity index (χ3v) is 3.96. The summed E-state index contributed by atoms with van der Waals surface area (Å²) in [5, 5.41) is 3.91. The lowest BCUT2D eigenvalue weighted by atomic mass is 10.2. The molecule has 0 saturated heterocycles. The number of carbonyl (C=O) groups excluding carboxylic acids is 2. The first-order chi connectivity index (χ1) is 14.7. The summed E-state index contributed by atoms with van der Waals surface area (Å²) in [5.41, 5.74) is 4.01. The van der Waals surface area contributed by atoms with E-state index in [-0.39, 0.29) is 5.91 Å². The Morgan fingerprint density at radius 1 is 1.00 bits per heavy atom. The first kappa shape index (κ1) is 20.7. The maximum Gasteiger partial charge on any atom is 0.343 e. The second-order valence-electron chi connectivity index (χ2n) is 6.27. The van der Waals surface area contributed by atoms with E-state index in [0.29, 0.717) is 29.2 Å². The van der Waals surface area contributed by atoms with Gasteiger partial charge in [0.2, 0.25) is 0 Å². The van der Waals surface area contributed by atoms with Gasteiger partial charge < -0.3 is 9.47 Å². The summed E-state index contributed by atoms with van der Waals surface area (Å²) in [6, 6.07) is 16.9. The number of hydrazone groups is 1. The van der Waals surface area contributed by atoms with Crippen LogP contribution in [0.1, 0.15) is 39.6 Å². The minimum atomic E-state index is -0.456. The van der Waals surface area contributed by atoms with Crippen LogP contribution in [0.5, 0.6) is 11.5 Å². The lowest BCUT2D eigenvalue weighted by Gasteiger charge is -2.07. The Hall–Kier alpha value is -4.00. The zero-order valence-corrected chi connectivity index (χ0v) is 16.4. The molecule has 1 amide bonds. The molecule has 7 heteroatoms. The third kappa shape index (κ3) is 6.00. The van der Waals surface area contributed by atoms with Gasteiger partial charge in [-0.15, -0.1) is 0 Å². The lowest BCUT2D eigenvalue weighted by molar-refractivity contribution is 0.0734. The maximum absolute atomic E-state index is 12.3. The first-order valence-corrected chi connectivity index (χ1v) is 9.44. The van der Waals surface area contributed by atoms with Gasteiger partial charge in [0.05, 0.1) is 23.9 Å². The van der Waals surface area contributed by atoms with Crippen LogP contribution in [-0.4, -0.2) is 29.7 Å². The Bertz CT molecular complexity index is 1000. The van der Waals surface area contributed by atoms with E-state index in [1.165, 1.54) is 12.4 Å². The van der Waals surface area contributed by atoms with E-state index in [9.17, 15) is 9.59 Å². The summed E-state index contributed by atoms with van der Waals surface area (Å²) in [6.45, 7) is 2.66. The molecule has 0 radical (unpaired) electrons. The van der Waals surface area contributed by atoms with Crippen molar-refractivity contribution in [2.75, 3.05) is 6.61 Å². The van der Waals surface area contributed by atoms with Gasteiger partial charge >= 0.3 is 5.97 Å². The number of benzene rings is 2. The number of ether oxygens (including phenoxy) is 2. The van der Waals surface area contributed by atoms with Crippen molar-refractivity contribution in [1.29, 1.82) is 0 Å². The molecule has 0 aliphatic carbocycles. The number of hydrogen-bond acceptors (Lipinski definition) is 6. The van der Waals surface area contributed by atoms with Crippen molar-refractivity contribution in [3.8, 4) is 11.5 Å². The number of esters is 1. The van der Waals surface area contributed by atoms with Gasteiger partial charge in [0.15, 0.2) is 0 Å². The van der Waals surface area contributed by atoms with Crippen molar-refractivity contribution in [3.63, 3.8) is 0 Å². The molecule has 0 spiro atoms. The molecule has 0 fully saturated rings. The van der Waals surface area contributed by atoms with Gasteiger partial charge in [0.25, 0.3) is 5.91 Å². The maximum atomic E-state index is 12.3. The predicted molar refractivity (Wildman–Crippen MR) is 113 cm³/mol. The van der Waals surface area contributed by atoms with Crippen LogP contribution in [-0.2, 0) is 0 Å². The molecular weight excluding hydrogens is 382 g/mol. The summed E-state index contributed by atoms with van der Waals surface area (Å²) in [4.78, 5) is 28.0. The number of nitrogens with one attached hydrogen (secondary N) is 1. The molecule has 1 N–H and O–H groups in total. The average molecular weight is 403 g/mol. The van der Waals surface area contributed by atoms with Gasteiger partial charge in [-0.1, -0.05) is 6.92 Å². The van der Waals surface area contributed by atoms with Crippen molar-refractivity contribution in [2.45, 2.75) is 13.3 Å². The number of carbonyl (C=O) groups is 2. The average Bonchev–Trinajstić information content (AvgIpc) is 2.79. The number of rotatable bonds is 8. The van der Waals surface area contributed by atoms with Gasteiger partial charge in [0.1, 0.15) is 11.5 Å². The minimum absolute atomic E-state index is 0.351. The number of pyridine rings is 1. The van der Waals surface area contributed by atoms with Crippen molar-refractivity contribution in [3.05, 3.63) is 89.7 Å². The summed E-state index contributed by atoms with van der Waals surface area (Å²) in [7, 11) is 0. The zero-order chi connectivity index (χ0) is 21.2. The second-order valence-corrected chi connectivity index (χ2v) is 6.27. The van der Waals surface area contributed by atoms with Gasteiger partial charge in [0, 0.05) is 12.4 Å². The van der Waals surface area contributed by atoms with E-state index >= 15 is 0 Å². The molecule has 0 aliphatic heterocycles. The summed E-state index contributed by atoms with van der Waals surface area (Å²) >= 11 is 0. The van der Waals surface area contributed by atoms with E-state index in [0.717, 1.165) is 12.0 Å². The first-order valence-electron chi connectivity index (χ1n) is 9.44. The van der Waals surface area contributed by atoms with E-state index in [1.54, 1.807) is 66.9 Å². The Morgan fingerprint density at radius 2 is 1.73 bits per heavy atom. The van der Waals surface area contributed by atoms with Crippen molar-refractivity contribution < 1.29 is 19.1 Å². The standard InChI is InChI=1S/C23H21N3O4/c1-2-14-29-20-11-7-18(8-12-20)23(28)30-21-9-5-17(6-10-21)15-25-26-22(27)19-4-3-13-24-16-19/h3-13,15-16H,2,14H2,1H3,(H,26,27)/b25-15+. The van der Waals surface area contributed by atoms with Crippen LogP contribution in [0, 0.1) is 0 Å². The smallest absolute Gasteiger partial charge is 0.343 e. The van der Waals surface area contributed by atoms with Gasteiger partial charge in [-0.3, -0.25) is 9.78 Å². The van der Waals surface area contributed by atoms with E-state index < -0.39 is 5.97 Å². The van der Waals surface area contributed by atoms with Gasteiger partial charge in [-0.2, -0.15) is 5.10 Å². The summed E-state index contributed by atoms with van der Waals surface area (Å²) in [5.74, 6) is 0.314. The van der Waals surface area contributed by atoms with Gasteiger partial charge in [-0.05, 0) is 72.6 Å². The van der Waals surface area contributed by atoms with Crippen LogP contribution in [0.15, 0.2) is 78.2 Å². The zero-order valence-electron chi connectivity index (χ0n) is 16.4.